The predicted octanol–water partition coefficient (Wildman–Crippen LogP) is 0.982. The van der Waals surface area contributed by atoms with Gasteiger partial charge in [-0.2, -0.15) is 0 Å². The van der Waals surface area contributed by atoms with E-state index in [9.17, 15) is 4.79 Å². The van der Waals surface area contributed by atoms with Gasteiger partial charge >= 0.3 is 6.09 Å². The summed E-state index contributed by atoms with van der Waals surface area (Å²) in [5.41, 5.74) is 0. The van der Waals surface area contributed by atoms with Crippen molar-refractivity contribution in [2.45, 2.75) is 25.6 Å². The Balaban J connectivity index is 1.68. The maximum atomic E-state index is 11.1. The van der Waals surface area contributed by atoms with Crippen molar-refractivity contribution < 1.29 is 19.0 Å². The molecule has 15 heavy (non-hydrogen) atoms. The molecule has 2 saturated heterocycles. The van der Waals surface area contributed by atoms with Crippen LogP contribution in [0.25, 0.3) is 0 Å². The zero-order chi connectivity index (χ0) is 10.7. The molecule has 1 amide bonds. The first kappa shape index (κ1) is 10.7. The number of hydrogen-bond acceptors (Lipinski definition) is 4. The van der Waals surface area contributed by atoms with Crippen LogP contribution in [0.4, 0.5) is 4.79 Å². The Morgan fingerprint density at radius 1 is 1.33 bits per heavy atom. The van der Waals surface area contributed by atoms with Crippen LogP contribution in [0.2, 0.25) is 0 Å². The highest BCUT2D eigenvalue weighted by Gasteiger charge is 2.31. The molecule has 2 rings (SSSR count). The fourth-order valence-electron chi connectivity index (χ4n) is 1.92. The van der Waals surface area contributed by atoms with E-state index >= 15 is 0 Å². The number of cyclic esters (lactones) is 1. The number of ether oxygens (including phenoxy) is 3. The van der Waals surface area contributed by atoms with E-state index in [1.807, 2.05) is 6.92 Å². The molecule has 2 heterocycles. The fraction of sp³-hybridized carbons (Fsp3) is 0.900. The number of amides is 1. The van der Waals surface area contributed by atoms with Gasteiger partial charge in [0.15, 0.2) is 5.79 Å². The minimum Gasteiger partial charge on any atom is -0.448 e. The molecule has 0 aromatic heterocycles. The van der Waals surface area contributed by atoms with E-state index in [2.05, 4.69) is 0 Å². The summed E-state index contributed by atoms with van der Waals surface area (Å²) >= 11 is 0. The van der Waals surface area contributed by atoms with Gasteiger partial charge in [0.2, 0.25) is 0 Å². The van der Waals surface area contributed by atoms with E-state index < -0.39 is 5.79 Å². The van der Waals surface area contributed by atoms with Crippen molar-refractivity contribution in [3.63, 3.8) is 0 Å². The van der Waals surface area contributed by atoms with Crippen molar-refractivity contribution in [2.75, 3.05) is 32.9 Å². The maximum Gasteiger partial charge on any atom is 0.409 e. The molecule has 0 saturated carbocycles. The van der Waals surface area contributed by atoms with Gasteiger partial charge in [-0.25, -0.2) is 4.79 Å². The normalized spacial score (nSPS) is 24.6. The van der Waals surface area contributed by atoms with E-state index in [0.717, 1.165) is 19.4 Å². The zero-order valence-corrected chi connectivity index (χ0v) is 9.03. The second-order valence-corrected chi connectivity index (χ2v) is 4.04. The summed E-state index contributed by atoms with van der Waals surface area (Å²) in [6.45, 7) is 5.23. The first-order valence-corrected chi connectivity index (χ1v) is 5.39. The molecule has 2 fully saturated rings. The van der Waals surface area contributed by atoms with Crippen molar-refractivity contribution in [3.8, 4) is 0 Å². The number of nitrogens with zero attached hydrogens (tertiary/aromatic N) is 1. The van der Waals surface area contributed by atoms with Crippen LogP contribution in [0.3, 0.4) is 0 Å². The minimum absolute atomic E-state index is 0.201. The first-order chi connectivity index (χ1) is 7.20. The second kappa shape index (κ2) is 4.37. The first-order valence-electron chi connectivity index (χ1n) is 5.39. The van der Waals surface area contributed by atoms with Crippen LogP contribution in [0, 0.1) is 0 Å². The lowest BCUT2D eigenvalue weighted by molar-refractivity contribution is -0.147. The molecule has 0 radical (unpaired) electrons. The van der Waals surface area contributed by atoms with Gasteiger partial charge in [-0.1, -0.05) is 0 Å². The minimum atomic E-state index is -0.441. The average Bonchev–Trinajstić information content (AvgIpc) is 2.78. The van der Waals surface area contributed by atoms with Gasteiger partial charge in [0.05, 0.1) is 19.8 Å². The lowest BCUT2D eigenvalue weighted by Gasteiger charge is -2.23. The molecule has 0 bridgehead atoms. The van der Waals surface area contributed by atoms with Crippen LogP contribution in [0.1, 0.15) is 19.8 Å². The Hall–Kier alpha value is -0.810. The third-order valence-corrected chi connectivity index (χ3v) is 2.80. The van der Waals surface area contributed by atoms with Crippen LogP contribution in [0.15, 0.2) is 0 Å². The number of rotatable bonds is 4. The summed E-state index contributed by atoms with van der Waals surface area (Å²) < 4.78 is 15.8. The highest BCUT2D eigenvalue weighted by molar-refractivity contribution is 5.69. The van der Waals surface area contributed by atoms with E-state index in [1.165, 1.54) is 0 Å². The molecule has 0 atom stereocenters. The molecule has 2 aliphatic heterocycles. The largest absolute Gasteiger partial charge is 0.448 e. The third kappa shape index (κ3) is 2.60. The molecule has 5 nitrogen and oxygen atoms in total. The molecule has 5 heteroatoms. The van der Waals surface area contributed by atoms with Crippen LogP contribution in [-0.4, -0.2) is 49.7 Å². The Kier molecular flexibility index (Phi) is 3.11. The van der Waals surface area contributed by atoms with Crippen molar-refractivity contribution in [2.24, 2.45) is 0 Å². The second-order valence-electron chi connectivity index (χ2n) is 4.04. The van der Waals surface area contributed by atoms with Crippen molar-refractivity contribution in [3.05, 3.63) is 0 Å². The van der Waals surface area contributed by atoms with E-state index in [-0.39, 0.29) is 6.09 Å². The van der Waals surface area contributed by atoms with Gasteiger partial charge in [0.25, 0.3) is 0 Å². The van der Waals surface area contributed by atoms with Crippen LogP contribution >= 0.6 is 0 Å². The smallest absolute Gasteiger partial charge is 0.409 e. The number of carbonyl (C=O) groups is 1. The average molecular weight is 215 g/mol. The molecule has 0 aliphatic carbocycles. The molecule has 0 spiro atoms. The lowest BCUT2D eigenvalue weighted by atomic mass is 10.1. The summed E-state index contributed by atoms with van der Waals surface area (Å²) in [6.07, 6.45) is 1.50. The zero-order valence-electron chi connectivity index (χ0n) is 9.03. The quantitative estimate of drug-likeness (QED) is 0.701. The van der Waals surface area contributed by atoms with Crippen molar-refractivity contribution in [1.82, 2.24) is 4.90 Å². The summed E-state index contributed by atoms with van der Waals surface area (Å²) in [5.74, 6) is -0.441. The van der Waals surface area contributed by atoms with Gasteiger partial charge in [0.1, 0.15) is 6.61 Å². The molecular weight excluding hydrogens is 198 g/mol. The van der Waals surface area contributed by atoms with E-state index in [1.54, 1.807) is 4.90 Å². The van der Waals surface area contributed by atoms with Gasteiger partial charge in [-0.05, 0) is 13.3 Å². The summed E-state index contributed by atoms with van der Waals surface area (Å²) in [6, 6.07) is 0. The van der Waals surface area contributed by atoms with Crippen LogP contribution in [0.5, 0.6) is 0 Å². The Morgan fingerprint density at radius 3 is 2.67 bits per heavy atom. The topological polar surface area (TPSA) is 48.0 Å². The molecular formula is C10H17NO4. The summed E-state index contributed by atoms with van der Waals surface area (Å²) in [5, 5.41) is 0. The summed E-state index contributed by atoms with van der Waals surface area (Å²) in [7, 11) is 0. The van der Waals surface area contributed by atoms with Gasteiger partial charge in [0, 0.05) is 13.0 Å². The van der Waals surface area contributed by atoms with Gasteiger partial charge in [-0.15, -0.1) is 0 Å². The number of hydrogen-bond donors (Lipinski definition) is 0. The molecule has 0 aromatic carbocycles. The highest BCUT2D eigenvalue weighted by Crippen LogP contribution is 2.24. The molecule has 0 aromatic rings. The predicted molar refractivity (Wildman–Crippen MR) is 52.5 cm³/mol. The molecule has 0 unspecified atom stereocenters. The summed E-state index contributed by atoms with van der Waals surface area (Å²) in [4.78, 5) is 12.8. The highest BCUT2D eigenvalue weighted by atomic mass is 16.7. The maximum absolute atomic E-state index is 11.1. The van der Waals surface area contributed by atoms with Crippen molar-refractivity contribution in [1.29, 1.82) is 0 Å². The van der Waals surface area contributed by atoms with E-state index in [4.69, 9.17) is 14.2 Å². The van der Waals surface area contributed by atoms with Gasteiger partial charge in [-0.3, -0.25) is 0 Å². The Morgan fingerprint density at radius 2 is 2.07 bits per heavy atom. The SMILES string of the molecule is CC1(CCCN2CCOC2=O)OCCO1. The lowest BCUT2D eigenvalue weighted by Crippen LogP contribution is -2.30. The van der Waals surface area contributed by atoms with Crippen molar-refractivity contribution >= 4 is 6.09 Å². The van der Waals surface area contributed by atoms with E-state index in [0.29, 0.717) is 26.4 Å². The van der Waals surface area contributed by atoms with Gasteiger partial charge < -0.3 is 19.1 Å². The standard InChI is InChI=1S/C10H17NO4/c1-10(14-7-8-15-10)3-2-4-11-5-6-13-9(11)12/h2-8H2,1H3. The molecule has 0 N–H and O–H groups in total. The Bertz CT molecular complexity index is 238. The van der Waals surface area contributed by atoms with Crippen LogP contribution < -0.4 is 0 Å². The third-order valence-electron chi connectivity index (χ3n) is 2.80. The fourth-order valence-corrected chi connectivity index (χ4v) is 1.92. The monoisotopic (exact) mass is 215 g/mol. The molecule has 86 valence electrons. The Labute approximate surface area is 89.3 Å². The van der Waals surface area contributed by atoms with Crippen LogP contribution in [-0.2, 0) is 14.2 Å². The number of carbonyl (C=O) groups excluding carboxylic acids is 1. The molecule has 2 aliphatic rings.